The summed E-state index contributed by atoms with van der Waals surface area (Å²) in [6.45, 7) is 6.32. The fourth-order valence-electron chi connectivity index (χ4n) is 4.55. The fourth-order valence-corrected chi connectivity index (χ4v) is 4.55. The number of halogens is 6. The SMILES string of the molecule is CB(O)N1CCCC(COc2ccc(C(F)(F)F)cc2)C1.FC(F)(F)c1ccc(OCC2CCCNC2)cc1. The van der Waals surface area contributed by atoms with Crippen LogP contribution in [0.3, 0.4) is 0 Å². The maximum Gasteiger partial charge on any atom is 0.416 e. The van der Waals surface area contributed by atoms with Crippen LogP contribution in [0.2, 0.25) is 6.82 Å². The summed E-state index contributed by atoms with van der Waals surface area (Å²) in [4.78, 5) is 1.98. The number of benzene rings is 2. The van der Waals surface area contributed by atoms with Crippen molar-refractivity contribution in [3.63, 3.8) is 0 Å². The van der Waals surface area contributed by atoms with Crippen molar-refractivity contribution >= 4 is 7.05 Å². The molecular formula is C27H35BF6N2O3. The Hall–Kier alpha value is -2.44. The highest BCUT2D eigenvalue weighted by molar-refractivity contribution is 6.45. The summed E-state index contributed by atoms with van der Waals surface area (Å²) >= 11 is 0. The van der Waals surface area contributed by atoms with Gasteiger partial charge in [0, 0.05) is 18.4 Å². The third-order valence-electron chi connectivity index (χ3n) is 6.81. The summed E-state index contributed by atoms with van der Waals surface area (Å²) in [5.74, 6) is 1.67. The quantitative estimate of drug-likeness (QED) is 0.322. The molecule has 216 valence electrons. The van der Waals surface area contributed by atoms with E-state index in [1.165, 1.54) is 24.3 Å². The van der Waals surface area contributed by atoms with E-state index in [1.807, 2.05) is 4.81 Å². The zero-order valence-corrected chi connectivity index (χ0v) is 21.9. The Labute approximate surface area is 225 Å². The second kappa shape index (κ2) is 14.3. The molecule has 5 nitrogen and oxygen atoms in total. The van der Waals surface area contributed by atoms with E-state index >= 15 is 0 Å². The first kappa shape index (κ1) is 31.1. The molecule has 2 aromatic rings. The Morgan fingerprint density at radius 3 is 1.74 bits per heavy atom. The van der Waals surface area contributed by atoms with E-state index in [2.05, 4.69) is 5.32 Å². The lowest BCUT2D eigenvalue weighted by atomic mass is 9.81. The lowest BCUT2D eigenvalue weighted by Gasteiger charge is -2.33. The number of rotatable bonds is 7. The van der Waals surface area contributed by atoms with E-state index in [4.69, 9.17) is 9.47 Å². The minimum Gasteiger partial charge on any atom is -0.493 e. The van der Waals surface area contributed by atoms with Crippen LogP contribution in [-0.2, 0) is 12.4 Å². The Bertz CT molecular complexity index is 981. The van der Waals surface area contributed by atoms with E-state index in [9.17, 15) is 31.4 Å². The summed E-state index contributed by atoms with van der Waals surface area (Å²) in [5.41, 5.74) is -1.32. The van der Waals surface area contributed by atoms with Crippen molar-refractivity contribution in [2.75, 3.05) is 39.4 Å². The minimum atomic E-state index is -4.32. The van der Waals surface area contributed by atoms with Crippen molar-refractivity contribution in [2.24, 2.45) is 11.8 Å². The molecule has 39 heavy (non-hydrogen) atoms. The molecule has 4 rings (SSSR count). The van der Waals surface area contributed by atoms with Gasteiger partial charge >= 0.3 is 19.4 Å². The predicted octanol–water partition coefficient (Wildman–Crippen LogP) is 5.99. The van der Waals surface area contributed by atoms with Gasteiger partial charge in [-0.05, 0) is 101 Å². The van der Waals surface area contributed by atoms with Gasteiger partial charge in [0.1, 0.15) is 11.5 Å². The monoisotopic (exact) mass is 560 g/mol. The van der Waals surface area contributed by atoms with E-state index in [0.717, 1.165) is 76.1 Å². The molecule has 2 atom stereocenters. The highest BCUT2D eigenvalue weighted by atomic mass is 19.4. The van der Waals surface area contributed by atoms with E-state index < -0.39 is 30.5 Å². The second-order valence-corrected chi connectivity index (χ2v) is 10.0. The van der Waals surface area contributed by atoms with Gasteiger partial charge in [-0.15, -0.1) is 0 Å². The van der Waals surface area contributed by atoms with Gasteiger partial charge in [0.15, 0.2) is 0 Å². The first-order chi connectivity index (χ1) is 18.4. The van der Waals surface area contributed by atoms with Crippen LogP contribution in [0.1, 0.15) is 36.8 Å². The van der Waals surface area contributed by atoms with Crippen molar-refractivity contribution in [2.45, 2.75) is 44.9 Å². The molecule has 2 aliphatic heterocycles. The molecule has 2 aliphatic rings. The largest absolute Gasteiger partial charge is 0.493 e. The fraction of sp³-hybridized carbons (Fsp3) is 0.556. The molecule has 2 aromatic carbocycles. The molecule has 0 saturated carbocycles. The molecule has 0 aliphatic carbocycles. The number of piperidine rings is 2. The average Bonchev–Trinajstić information content (AvgIpc) is 2.91. The normalized spacial score (nSPS) is 20.5. The Balaban J connectivity index is 0.000000218. The van der Waals surface area contributed by atoms with Crippen molar-refractivity contribution in [3.8, 4) is 11.5 Å². The van der Waals surface area contributed by atoms with Crippen LogP contribution < -0.4 is 14.8 Å². The van der Waals surface area contributed by atoms with Crippen molar-refractivity contribution < 1.29 is 40.8 Å². The molecule has 0 spiro atoms. The van der Waals surface area contributed by atoms with Gasteiger partial charge in [0.2, 0.25) is 0 Å². The molecular weight excluding hydrogens is 525 g/mol. The summed E-state index contributed by atoms with van der Waals surface area (Å²) in [5, 5.41) is 12.8. The van der Waals surface area contributed by atoms with Crippen molar-refractivity contribution in [3.05, 3.63) is 59.7 Å². The Morgan fingerprint density at radius 1 is 0.821 bits per heavy atom. The van der Waals surface area contributed by atoms with Crippen LogP contribution >= 0.6 is 0 Å². The van der Waals surface area contributed by atoms with Crippen LogP contribution in [-0.4, -0.2) is 56.3 Å². The van der Waals surface area contributed by atoms with E-state index in [-0.39, 0.29) is 5.92 Å². The maximum atomic E-state index is 12.4. The van der Waals surface area contributed by atoms with Gasteiger partial charge < -0.3 is 24.6 Å². The molecule has 0 amide bonds. The number of hydrogen-bond donors (Lipinski definition) is 2. The minimum absolute atomic E-state index is 0.288. The van der Waals surface area contributed by atoms with Gasteiger partial charge in [0.05, 0.1) is 24.3 Å². The molecule has 0 aromatic heterocycles. The van der Waals surface area contributed by atoms with Gasteiger partial charge in [-0.3, -0.25) is 0 Å². The standard InChI is InChI=1S/C14H19BF3NO2.C13H16F3NO/c1-15(20)19-8-2-3-11(9-19)10-21-13-6-4-12(5-7-13)14(16,17)18;14-13(15,16)11-3-5-12(6-4-11)18-9-10-2-1-7-17-8-10/h4-7,11,20H,2-3,8-10H2,1H3;3-6,10,17H,1-2,7-9H2. The van der Waals surface area contributed by atoms with Crippen molar-refractivity contribution in [1.29, 1.82) is 0 Å². The number of nitrogens with one attached hydrogen (secondary N) is 1. The third-order valence-corrected chi connectivity index (χ3v) is 6.81. The molecule has 2 heterocycles. The molecule has 12 heteroatoms. The van der Waals surface area contributed by atoms with Gasteiger partial charge in [-0.25, -0.2) is 0 Å². The molecule has 2 N–H and O–H groups in total. The zero-order chi connectivity index (χ0) is 28.5. The van der Waals surface area contributed by atoms with E-state index in [0.29, 0.717) is 30.6 Å². The Morgan fingerprint density at radius 2 is 1.31 bits per heavy atom. The highest BCUT2D eigenvalue weighted by Gasteiger charge is 2.31. The smallest absolute Gasteiger partial charge is 0.416 e. The third kappa shape index (κ3) is 10.6. The predicted molar refractivity (Wildman–Crippen MR) is 138 cm³/mol. The number of nitrogens with zero attached hydrogens (tertiary/aromatic N) is 1. The molecule has 2 unspecified atom stereocenters. The Kier molecular flexibility index (Phi) is 11.4. The molecule has 2 saturated heterocycles. The maximum absolute atomic E-state index is 12.4. The number of hydrogen-bond acceptors (Lipinski definition) is 5. The summed E-state index contributed by atoms with van der Waals surface area (Å²) in [6, 6.07) is 9.59. The first-order valence-electron chi connectivity index (χ1n) is 13.1. The van der Waals surface area contributed by atoms with Crippen LogP contribution in [0.4, 0.5) is 26.3 Å². The van der Waals surface area contributed by atoms with Crippen LogP contribution in [0.5, 0.6) is 11.5 Å². The van der Waals surface area contributed by atoms with Gasteiger partial charge in [-0.2, -0.15) is 26.3 Å². The topological polar surface area (TPSA) is 54.0 Å². The van der Waals surface area contributed by atoms with Gasteiger partial charge in [-0.1, -0.05) is 0 Å². The van der Waals surface area contributed by atoms with Gasteiger partial charge in [0.25, 0.3) is 0 Å². The number of ether oxygens (including phenoxy) is 2. The lowest BCUT2D eigenvalue weighted by molar-refractivity contribution is -0.138. The average molecular weight is 560 g/mol. The molecule has 0 radical (unpaired) electrons. The zero-order valence-electron chi connectivity index (χ0n) is 21.9. The summed E-state index contributed by atoms with van der Waals surface area (Å²) < 4.78 is 85.4. The molecule has 2 fully saturated rings. The number of alkyl halides is 6. The van der Waals surface area contributed by atoms with Crippen LogP contribution in [0, 0.1) is 11.8 Å². The van der Waals surface area contributed by atoms with E-state index in [1.54, 1.807) is 6.82 Å². The first-order valence-corrected chi connectivity index (χ1v) is 13.1. The highest BCUT2D eigenvalue weighted by Crippen LogP contribution is 2.31. The molecule has 0 bridgehead atoms. The second-order valence-electron chi connectivity index (χ2n) is 10.0. The summed E-state index contributed by atoms with van der Waals surface area (Å²) in [6.07, 6.45) is -4.38. The van der Waals surface area contributed by atoms with Crippen LogP contribution in [0.15, 0.2) is 48.5 Å². The van der Waals surface area contributed by atoms with Crippen LogP contribution in [0.25, 0.3) is 0 Å². The lowest BCUT2D eigenvalue weighted by Crippen LogP contribution is -2.45. The summed E-state index contributed by atoms with van der Waals surface area (Å²) in [7, 11) is -0.473. The van der Waals surface area contributed by atoms with Crippen molar-refractivity contribution in [1.82, 2.24) is 10.1 Å².